The van der Waals surface area contributed by atoms with Crippen molar-refractivity contribution in [3.8, 4) is 0 Å². The monoisotopic (exact) mass is 494 g/mol. The minimum absolute atomic E-state index is 0. The van der Waals surface area contributed by atoms with Crippen molar-refractivity contribution in [1.82, 2.24) is 0 Å². The number of rotatable bonds is 2. The first kappa shape index (κ1) is 27.5. The van der Waals surface area contributed by atoms with E-state index in [1.807, 2.05) is 0 Å². The van der Waals surface area contributed by atoms with Gasteiger partial charge in [-0.25, -0.2) is 0 Å². The van der Waals surface area contributed by atoms with Crippen LogP contribution in [0.3, 0.4) is 0 Å². The summed E-state index contributed by atoms with van der Waals surface area (Å²) in [6.07, 6.45) is 9.58. The summed E-state index contributed by atoms with van der Waals surface area (Å²) < 4.78 is 0. The molecule has 0 amide bonds. The first-order valence-electron chi connectivity index (χ1n) is 13.8. The largest absolute Gasteiger partial charge is 2.00 e. The summed E-state index contributed by atoms with van der Waals surface area (Å²) in [6, 6.07) is 0. The molecule has 186 valence electrons. The molecular weight excluding hydrogens is 448 g/mol. The summed E-state index contributed by atoms with van der Waals surface area (Å²) in [5.41, 5.74) is 0.945. The van der Waals surface area contributed by atoms with Crippen LogP contribution in [-0.4, -0.2) is 49.8 Å². The van der Waals surface area contributed by atoms with Gasteiger partial charge in [-0.1, -0.05) is 53.2 Å². The summed E-state index contributed by atoms with van der Waals surface area (Å²) in [5, 5.41) is 25.6. The van der Waals surface area contributed by atoms with Crippen LogP contribution in [0.1, 0.15) is 106 Å². The summed E-state index contributed by atoms with van der Waals surface area (Å²) in [7, 11) is 0. The Hall–Kier alpha value is 0.430. The molecule has 0 N–H and O–H groups in total. The van der Waals surface area contributed by atoms with E-state index in [0.717, 1.165) is 51.4 Å². The molecule has 0 aromatic heterocycles. The van der Waals surface area contributed by atoms with Gasteiger partial charge in [-0.05, 0) is 116 Å². The van der Waals surface area contributed by atoms with Crippen LogP contribution < -0.4 is 10.2 Å². The van der Waals surface area contributed by atoms with Gasteiger partial charge in [-0.3, -0.25) is 0 Å². The molecule has 0 bridgehead atoms. The van der Waals surface area contributed by atoms with Crippen LogP contribution in [0.15, 0.2) is 12.2 Å². The molecule has 5 saturated carbocycles. The van der Waals surface area contributed by atoms with Crippen LogP contribution in [0.4, 0.5) is 0 Å². The summed E-state index contributed by atoms with van der Waals surface area (Å²) >= 11 is 0. The molecule has 3 nitrogen and oxygen atoms in total. The predicted octanol–water partition coefficient (Wildman–Crippen LogP) is 4.74. The summed E-state index contributed by atoms with van der Waals surface area (Å²) in [5.74, 6) is 1.25. The van der Waals surface area contributed by atoms with Gasteiger partial charge in [0, 0.05) is 11.4 Å². The molecule has 0 saturated heterocycles. The smallest absolute Gasteiger partial charge is 0.852 e. The maximum atomic E-state index is 13.0. The number of carboxylic acid groups (broad SMARTS) is 1. The van der Waals surface area contributed by atoms with E-state index in [0.29, 0.717) is 23.7 Å². The average Bonchev–Trinajstić information content (AvgIpc) is 3.13. The molecule has 5 rings (SSSR count). The third kappa shape index (κ3) is 3.24. The molecule has 5 aliphatic carbocycles. The molecule has 0 heterocycles. The Morgan fingerprint density at radius 1 is 0.824 bits per heavy atom. The van der Waals surface area contributed by atoms with Crippen LogP contribution in [0.5, 0.6) is 0 Å². The normalized spacial score (nSPS) is 53.4. The van der Waals surface area contributed by atoms with E-state index in [2.05, 4.69) is 48.1 Å². The van der Waals surface area contributed by atoms with Crippen molar-refractivity contribution in [1.29, 1.82) is 0 Å². The van der Waals surface area contributed by atoms with Gasteiger partial charge >= 0.3 is 37.7 Å². The van der Waals surface area contributed by atoms with Gasteiger partial charge < -0.3 is 15.0 Å². The van der Waals surface area contributed by atoms with Crippen LogP contribution in [0, 0.1) is 56.7 Å². The van der Waals surface area contributed by atoms with Gasteiger partial charge in [-0.2, -0.15) is 0 Å². The fourth-order valence-corrected chi connectivity index (χ4v) is 11.5. The molecule has 4 heteroatoms. The number of aliphatic carboxylic acids is 1. The number of allylic oxidation sites excluding steroid dienone is 1. The molecule has 0 aromatic carbocycles. The number of fused-ring (bicyclic) bond motifs is 7. The van der Waals surface area contributed by atoms with Crippen molar-refractivity contribution in [2.45, 2.75) is 112 Å². The van der Waals surface area contributed by atoms with Gasteiger partial charge in [0.2, 0.25) is 0 Å². The van der Waals surface area contributed by atoms with E-state index >= 15 is 0 Å². The molecule has 5 aliphatic rings. The Balaban J connectivity index is 0.00000274. The quantitative estimate of drug-likeness (QED) is 0.411. The zero-order valence-corrected chi connectivity index (χ0v) is 24.9. The van der Waals surface area contributed by atoms with Crippen molar-refractivity contribution in [2.24, 2.45) is 56.7 Å². The van der Waals surface area contributed by atoms with Crippen molar-refractivity contribution < 1.29 is 15.0 Å². The van der Waals surface area contributed by atoms with Gasteiger partial charge in [0.1, 0.15) is 0 Å². The molecule has 0 radical (unpaired) electrons. The van der Waals surface area contributed by atoms with Crippen molar-refractivity contribution in [3.05, 3.63) is 12.2 Å². The Morgan fingerprint density at radius 3 is 2.12 bits per heavy atom. The molecule has 10 atom stereocenters. The zero-order valence-electron chi connectivity index (χ0n) is 22.7. The Bertz CT molecular complexity index is 867. The molecule has 0 unspecified atom stereocenters. The van der Waals surface area contributed by atoms with Crippen LogP contribution in [0.2, 0.25) is 0 Å². The SMILES string of the molecule is C=C(C)[C@@H]1CC[C@]2(C(=O)[O-])CC[C@]3(C)[C@H](CC[C@@H]4[C@@]5(C)CC[C@H]([O-])C(C)(C)[C@@H]5CC[C@]43C)[C@@H]12.[Ca+2]. The summed E-state index contributed by atoms with van der Waals surface area (Å²) in [4.78, 5) is 12.6. The number of carbonyl (C=O) groups is 1. The molecule has 34 heavy (non-hydrogen) atoms. The average molecular weight is 495 g/mol. The van der Waals surface area contributed by atoms with Crippen molar-refractivity contribution in [2.75, 3.05) is 0 Å². The van der Waals surface area contributed by atoms with Crippen LogP contribution >= 0.6 is 0 Å². The topological polar surface area (TPSA) is 63.2 Å². The molecule has 0 spiro atoms. The fourth-order valence-electron chi connectivity index (χ4n) is 11.5. The van der Waals surface area contributed by atoms with Crippen LogP contribution in [-0.2, 0) is 4.79 Å². The maximum Gasteiger partial charge on any atom is 2.00 e. The third-order valence-electron chi connectivity index (χ3n) is 13.4. The summed E-state index contributed by atoms with van der Waals surface area (Å²) in [6.45, 7) is 18.6. The van der Waals surface area contributed by atoms with E-state index in [-0.39, 0.29) is 65.3 Å². The first-order valence-corrected chi connectivity index (χ1v) is 13.8. The van der Waals surface area contributed by atoms with E-state index in [9.17, 15) is 15.0 Å². The van der Waals surface area contributed by atoms with Crippen LogP contribution in [0.25, 0.3) is 0 Å². The fraction of sp³-hybridized carbons (Fsp3) is 0.900. The third-order valence-corrected chi connectivity index (χ3v) is 13.4. The molecular formula is C30H46CaO3. The van der Waals surface area contributed by atoms with Gasteiger partial charge in [0.15, 0.2) is 0 Å². The van der Waals surface area contributed by atoms with E-state index in [1.165, 1.54) is 18.4 Å². The van der Waals surface area contributed by atoms with E-state index in [4.69, 9.17) is 0 Å². The van der Waals surface area contributed by atoms with E-state index in [1.54, 1.807) is 0 Å². The zero-order chi connectivity index (χ0) is 24.2. The number of carboxylic acids is 1. The maximum absolute atomic E-state index is 13.0. The first-order chi connectivity index (χ1) is 15.3. The molecule has 5 fully saturated rings. The van der Waals surface area contributed by atoms with Crippen molar-refractivity contribution in [3.63, 3.8) is 0 Å². The standard InChI is InChI=1S/C30H47O3.Ca/c1-18(2)19-10-15-30(25(32)33)17-16-28(6)20(24(19)30)8-9-22-27(5)13-12-23(31)26(3,4)21(27)11-14-29(22,28)7;/h19-24H,1,8-17H2,2-7H3,(H,32,33);/q-1;+2/p-1/t19-,20+,21-,22+,23-,24+,27-,28+,29+,30-;/m0./s1. The second kappa shape index (κ2) is 8.47. The van der Waals surface area contributed by atoms with Gasteiger partial charge in [0.05, 0.1) is 0 Å². The number of hydrogen-bond acceptors (Lipinski definition) is 3. The predicted molar refractivity (Wildman–Crippen MR) is 134 cm³/mol. The van der Waals surface area contributed by atoms with Crippen molar-refractivity contribution >= 4 is 43.7 Å². The Morgan fingerprint density at radius 2 is 1.50 bits per heavy atom. The minimum atomic E-state index is -0.795. The second-order valence-corrected chi connectivity index (χ2v) is 14.5. The number of hydrogen-bond donors (Lipinski definition) is 0. The van der Waals surface area contributed by atoms with Gasteiger partial charge in [-0.15, -0.1) is 6.10 Å². The minimum Gasteiger partial charge on any atom is -0.852 e. The Labute approximate surface area is 237 Å². The second-order valence-electron chi connectivity index (χ2n) is 14.5. The van der Waals surface area contributed by atoms with E-state index < -0.39 is 17.5 Å². The number of carbonyl (C=O) groups excluding carboxylic acids is 1. The Kier molecular flexibility index (Phi) is 6.84. The van der Waals surface area contributed by atoms with Gasteiger partial charge in [0.25, 0.3) is 0 Å². The molecule has 0 aliphatic heterocycles. The molecule has 0 aromatic rings.